The number of halogens is 3. The first-order valence-corrected chi connectivity index (χ1v) is 5.69. The van der Waals surface area contributed by atoms with Crippen molar-refractivity contribution in [3.05, 3.63) is 39.3 Å². The van der Waals surface area contributed by atoms with Crippen LogP contribution in [0, 0.1) is 0 Å². The van der Waals surface area contributed by atoms with E-state index in [0.29, 0.717) is 16.5 Å². The summed E-state index contributed by atoms with van der Waals surface area (Å²) in [5, 5.41) is 9.74. The van der Waals surface area contributed by atoms with Gasteiger partial charge in [-0.2, -0.15) is 0 Å². The Morgan fingerprint density at radius 2 is 2.07 bits per heavy atom. The number of hydrogen-bond donors (Lipinski definition) is 2. The topological polar surface area (TPSA) is 46.2 Å². The van der Waals surface area contributed by atoms with Crippen molar-refractivity contribution in [1.82, 2.24) is 0 Å². The largest absolute Gasteiger partial charge is 0.506 e. The van der Waals surface area contributed by atoms with E-state index in [2.05, 4.69) is 38.4 Å². The molecular formula is C10H12Br2ClNO. The number of nitrogens with two attached hydrogens (primary N) is 1. The third-order valence-corrected chi connectivity index (χ3v) is 2.94. The zero-order chi connectivity index (χ0) is 10.7. The molecule has 1 atom stereocenters. The summed E-state index contributed by atoms with van der Waals surface area (Å²) in [5.74, 6) is 0.197. The molecule has 3 N–H and O–H groups in total. The molecule has 0 spiro atoms. The van der Waals surface area contributed by atoms with Crippen molar-refractivity contribution in [2.24, 2.45) is 5.73 Å². The fourth-order valence-corrected chi connectivity index (χ4v) is 2.43. The zero-order valence-corrected chi connectivity index (χ0v) is 11.9. The van der Waals surface area contributed by atoms with Gasteiger partial charge in [0.1, 0.15) is 5.75 Å². The van der Waals surface area contributed by atoms with Crippen LogP contribution in [0.2, 0.25) is 0 Å². The van der Waals surface area contributed by atoms with Crippen LogP contribution in [0.3, 0.4) is 0 Å². The predicted octanol–water partition coefficient (Wildman–Crippen LogP) is 3.91. The summed E-state index contributed by atoms with van der Waals surface area (Å²) < 4.78 is 1.53. The minimum absolute atomic E-state index is 0. The Morgan fingerprint density at radius 3 is 2.60 bits per heavy atom. The first-order chi connectivity index (χ1) is 6.56. The van der Waals surface area contributed by atoms with E-state index in [1.165, 1.54) is 0 Å². The Bertz CT molecular complexity index is 358. The number of aromatic hydroxyl groups is 1. The second kappa shape index (κ2) is 6.53. The molecule has 1 aromatic carbocycles. The normalized spacial score (nSPS) is 11.7. The molecule has 1 aromatic rings. The van der Waals surface area contributed by atoms with Gasteiger partial charge < -0.3 is 10.8 Å². The van der Waals surface area contributed by atoms with Gasteiger partial charge >= 0.3 is 0 Å². The van der Waals surface area contributed by atoms with E-state index in [4.69, 9.17) is 5.73 Å². The van der Waals surface area contributed by atoms with Gasteiger partial charge in [0.25, 0.3) is 0 Å². The molecule has 0 bridgehead atoms. The second-order valence-electron chi connectivity index (χ2n) is 2.96. The van der Waals surface area contributed by atoms with Gasteiger partial charge in [0.05, 0.1) is 4.47 Å². The number of phenolic OH excluding ortho intramolecular Hbond substituents is 1. The van der Waals surface area contributed by atoms with Crippen molar-refractivity contribution in [3.8, 4) is 5.75 Å². The highest BCUT2D eigenvalue weighted by molar-refractivity contribution is 9.11. The number of phenols is 1. The Kier molecular flexibility index (Phi) is 6.52. The molecule has 15 heavy (non-hydrogen) atoms. The molecule has 0 aliphatic heterocycles. The van der Waals surface area contributed by atoms with E-state index in [1.54, 1.807) is 12.1 Å². The Morgan fingerprint density at radius 1 is 1.47 bits per heavy atom. The predicted molar refractivity (Wildman–Crippen MR) is 72.5 cm³/mol. The van der Waals surface area contributed by atoms with Gasteiger partial charge in [-0.1, -0.05) is 22.0 Å². The molecule has 0 aliphatic rings. The molecule has 5 heteroatoms. The van der Waals surface area contributed by atoms with Crippen molar-refractivity contribution < 1.29 is 5.11 Å². The van der Waals surface area contributed by atoms with Crippen molar-refractivity contribution in [2.45, 2.75) is 12.5 Å². The van der Waals surface area contributed by atoms with E-state index < -0.39 is 0 Å². The summed E-state index contributed by atoms with van der Waals surface area (Å²) >= 11 is 6.60. The highest BCUT2D eigenvalue weighted by atomic mass is 79.9. The molecule has 0 aromatic heterocycles. The smallest absolute Gasteiger partial charge is 0.134 e. The van der Waals surface area contributed by atoms with Gasteiger partial charge in [0.15, 0.2) is 0 Å². The minimum atomic E-state index is -0.221. The monoisotopic (exact) mass is 355 g/mol. The lowest BCUT2D eigenvalue weighted by atomic mass is 10.0. The van der Waals surface area contributed by atoms with E-state index in [-0.39, 0.29) is 24.2 Å². The average Bonchev–Trinajstić information content (AvgIpc) is 2.11. The Labute approximate surface area is 112 Å². The summed E-state index contributed by atoms with van der Waals surface area (Å²) in [6.07, 6.45) is 2.37. The molecule has 0 aliphatic carbocycles. The first kappa shape index (κ1) is 15.0. The third kappa shape index (κ3) is 3.79. The highest BCUT2D eigenvalue weighted by Gasteiger charge is 2.12. The third-order valence-electron chi connectivity index (χ3n) is 1.88. The molecule has 0 saturated heterocycles. The lowest BCUT2D eigenvalue weighted by molar-refractivity contribution is 0.458. The Balaban J connectivity index is 0.00000196. The molecule has 0 amide bonds. The number of rotatable bonds is 3. The summed E-state index contributed by atoms with van der Waals surface area (Å²) in [5.41, 5.74) is 6.59. The van der Waals surface area contributed by atoms with Crippen molar-refractivity contribution in [1.29, 1.82) is 0 Å². The lowest BCUT2D eigenvalue weighted by Crippen LogP contribution is -2.09. The maximum Gasteiger partial charge on any atom is 0.134 e. The van der Waals surface area contributed by atoms with Crippen LogP contribution in [0.1, 0.15) is 18.0 Å². The molecule has 0 unspecified atom stereocenters. The van der Waals surface area contributed by atoms with Crippen LogP contribution in [-0.4, -0.2) is 5.11 Å². The van der Waals surface area contributed by atoms with Gasteiger partial charge in [0, 0.05) is 16.1 Å². The fourth-order valence-electron chi connectivity index (χ4n) is 1.18. The van der Waals surface area contributed by atoms with E-state index in [0.717, 1.165) is 4.47 Å². The van der Waals surface area contributed by atoms with Crippen LogP contribution >= 0.6 is 44.3 Å². The summed E-state index contributed by atoms with van der Waals surface area (Å²) in [6, 6.07) is 3.37. The van der Waals surface area contributed by atoms with Crippen LogP contribution in [0.15, 0.2) is 33.7 Å². The van der Waals surface area contributed by atoms with Crippen LogP contribution in [0.25, 0.3) is 0 Å². The van der Waals surface area contributed by atoms with Crippen molar-refractivity contribution in [3.63, 3.8) is 0 Å². The zero-order valence-electron chi connectivity index (χ0n) is 7.91. The average molecular weight is 357 g/mol. The lowest BCUT2D eigenvalue weighted by Gasteiger charge is -2.13. The molecule has 2 nitrogen and oxygen atoms in total. The van der Waals surface area contributed by atoms with Gasteiger partial charge in [-0.15, -0.1) is 19.0 Å². The molecule has 1 rings (SSSR count). The fraction of sp³-hybridized carbons (Fsp3) is 0.200. The standard InChI is InChI=1S/C10H11Br2NO.ClH/c1-2-3-9(13)7-4-6(11)5-8(12)10(7)14;/h2,4-5,9,14H,1,3,13H2;1H/t9-;/m1./s1. The quantitative estimate of drug-likeness (QED) is 0.806. The molecule has 0 heterocycles. The van der Waals surface area contributed by atoms with Gasteiger partial charge in [-0.05, 0) is 34.5 Å². The SMILES string of the molecule is C=CC[C@@H](N)c1cc(Br)cc(Br)c1O.Cl. The van der Waals surface area contributed by atoms with E-state index in [9.17, 15) is 5.11 Å². The summed E-state index contributed by atoms with van der Waals surface area (Å²) in [7, 11) is 0. The van der Waals surface area contributed by atoms with Crippen LogP contribution in [-0.2, 0) is 0 Å². The van der Waals surface area contributed by atoms with Crippen LogP contribution in [0.4, 0.5) is 0 Å². The highest BCUT2D eigenvalue weighted by Crippen LogP contribution is 2.35. The number of hydrogen-bond acceptors (Lipinski definition) is 2. The number of benzene rings is 1. The molecule has 0 radical (unpaired) electrons. The first-order valence-electron chi connectivity index (χ1n) is 4.10. The van der Waals surface area contributed by atoms with Gasteiger partial charge in [-0.25, -0.2) is 0 Å². The van der Waals surface area contributed by atoms with Crippen LogP contribution < -0.4 is 5.73 Å². The van der Waals surface area contributed by atoms with Crippen LogP contribution in [0.5, 0.6) is 5.75 Å². The van der Waals surface area contributed by atoms with Gasteiger partial charge in [-0.3, -0.25) is 0 Å². The molecular weight excluding hydrogens is 345 g/mol. The molecule has 0 fully saturated rings. The summed E-state index contributed by atoms with van der Waals surface area (Å²) in [6.45, 7) is 3.62. The van der Waals surface area contributed by atoms with Crippen molar-refractivity contribution in [2.75, 3.05) is 0 Å². The van der Waals surface area contributed by atoms with Crippen molar-refractivity contribution >= 4 is 44.3 Å². The maximum atomic E-state index is 9.74. The second-order valence-corrected chi connectivity index (χ2v) is 4.73. The van der Waals surface area contributed by atoms with E-state index >= 15 is 0 Å². The maximum absolute atomic E-state index is 9.74. The van der Waals surface area contributed by atoms with Gasteiger partial charge in [0.2, 0.25) is 0 Å². The summed E-state index contributed by atoms with van der Waals surface area (Å²) in [4.78, 5) is 0. The molecule has 84 valence electrons. The minimum Gasteiger partial charge on any atom is -0.506 e. The van der Waals surface area contributed by atoms with E-state index in [1.807, 2.05) is 6.07 Å². The Hall–Kier alpha value is -0.0300. The molecule has 0 saturated carbocycles.